The van der Waals surface area contributed by atoms with E-state index in [-0.39, 0.29) is 36.0 Å². The lowest BCUT2D eigenvalue weighted by atomic mass is 9.97. The highest BCUT2D eigenvalue weighted by Crippen LogP contribution is 2.29. The highest BCUT2D eigenvalue weighted by molar-refractivity contribution is 7.89. The van der Waals surface area contributed by atoms with E-state index in [1.54, 1.807) is 29.0 Å². The zero-order chi connectivity index (χ0) is 21.2. The highest BCUT2D eigenvalue weighted by Gasteiger charge is 2.33. The van der Waals surface area contributed by atoms with E-state index in [0.29, 0.717) is 29.3 Å². The molecule has 1 aromatic heterocycles. The van der Waals surface area contributed by atoms with Crippen molar-refractivity contribution in [3.05, 3.63) is 35.7 Å². The predicted molar refractivity (Wildman–Crippen MR) is 111 cm³/mol. The molecule has 8 nitrogen and oxygen atoms in total. The van der Waals surface area contributed by atoms with Crippen molar-refractivity contribution in [2.24, 2.45) is 5.92 Å². The number of rotatable bonds is 6. The molecule has 10 heteroatoms. The van der Waals surface area contributed by atoms with Crippen LogP contribution in [0.15, 0.2) is 35.7 Å². The van der Waals surface area contributed by atoms with Gasteiger partial charge < -0.3 is 14.6 Å². The van der Waals surface area contributed by atoms with Gasteiger partial charge in [0, 0.05) is 36.9 Å². The molecule has 0 radical (unpaired) electrons. The summed E-state index contributed by atoms with van der Waals surface area (Å²) < 4.78 is 33.9. The van der Waals surface area contributed by atoms with Crippen LogP contribution in [-0.4, -0.2) is 48.4 Å². The van der Waals surface area contributed by atoms with Gasteiger partial charge in [0.2, 0.25) is 5.91 Å². The Morgan fingerprint density at radius 1 is 1.31 bits per heavy atom. The zero-order valence-electron chi connectivity index (χ0n) is 16.6. The minimum atomic E-state index is -3.66. The van der Waals surface area contributed by atoms with Crippen molar-refractivity contribution in [2.75, 3.05) is 25.5 Å². The first-order valence-electron chi connectivity index (χ1n) is 9.40. The van der Waals surface area contributed by atoms with Gasteiger partial charge in [0.05, 0.1) is 18.5 Å². The molecule has 1 N–H and O–H groups in total. The maximum atomic E-state index is 12.8. The molecule has 1 aromatic carbocycles. The summed E-state index contributed by atoms with van der Waals surface area (Å²) in [4.78, 5) is 16.6. The molecule has 0 spiro atoms. The number of piperidine rings is 1. The summed E-state index contributed by atoms with van der Waals surface area (Å²) in [5, 5.41) is 3.30. The van der Waals surface area contributed by atoms with Crippen molar-refractivity contribution < 1.29 is 17.9 Å². The van der Waals surface area contributed by atoms with Gasteiger partial charge in [-0.1, -0.05) is 11.6 Å². The van der Waals surface area contributed by atoms with E-state index < -0.39 is 10.0 Å². The molecule has 0 aliphatic carbocycles. The number of methoxy groups -OCH3 is 1. The van der Waals surface area contributed by atoms with Crippen LogP contribution in [0.4, 0.5) is 5.69 Å². The molecule has 1 aliphatic rings. The van der Waals surface area contributed by atoms with Gasteiger partial charge in [-0.05, 0) is 44.9 Å². The van der Waals surface area contributed by atoms with Crippen LogP contribution in [-0.2, 0) is 14.8 Å². The standard InChI is InChI=1S/C19H25ClN4O4S/c1-13(2)23-11-18(21-12-23)29(26,27)24-8-6-14(7-9-24)19(25)22-15-4-5-17(28-3)16(20)10-15/h4-5,10-14H,6-9H2,1-3H3,(H,22,25). The molecule has 158 valence electrons. The summed E-state index contributed by atoms with van der Waals surface area (Å²) in [6.07, 6.45) is 3.96. The first kappa shape index (κ1) is 21.6. The Labute approximate surface area is 175 Å². The molecular formula is C19H25ClN4O4S. The van der Waals surface area contributed by atoms with Gasteiger partial charge in [0.1, 0.15) is 5.75 Å². The lowest BCUT2D eigenvalue weighted by molar-refractivity contribution is -0.120. The lowest BCUT2D eigenvalue weighted by Crippen LogP contribution is -2.41. The molecule has 0 saturated carbocycles. The third-order valence-electron chi connectivity index (χ3n) is 5.02. The van der Waals surface area contributed by atoms with E-state index in [4.69, 9.17) is 16.3 Å². The molecule has 3 rings (SSSR count). The number of nitrogens with zero attached hydrogens (tertiary/aromatic N) is 3. The van der Waals surface area contributed by atoms with E-state index in [1.165, 1.54) is 17.7 Å². The smallest absolute Gasteiger partial charge is 0.262 e. The second-order valence-electron chi connectivity index (χ2n) is 7.27. The number of sulfonamides is 1. The van der Waals surface area contributed by atoms with Crippen LogP contribution >= 0.6 is 11.6 Å². The fraction of sp³-hybridized carbons (Fsp3) is 0.474. The Morgan fingerprint density at radius 2 is 2.00 bits per heavy atom. The van der Waals surface area contributed by atoms with E-state index >= 15 is 0 Å². The van der Waals surface area contributed by atoms with E-state index in [1.807, 2.05) is 13.8 Å². The molecule has 0 atom stereocenters. The van der Waals surface area contributed by atoms with Gasteiger partial charge >= 0.3 is 0 Å². The third kappa shape index (κ3) is 4.73. The Morgan fingerprint density at radius 3 is 2.55 bits per heavy atom. The van der Waals surface area contributed by atoms with E-state index in [0.717, 1.165) is 0 Å². The number of imidazole rings is 1. The second-order valence-corrected chi connectivity index (χ2v) is 9.56. The average molecular weight is 441 g/mol. The molecule has 29 heavy (non-hydrogen) atoms. The van der Waals surface area contributed by atoms with Gasteiger partial charge in [0.15, 0.2) is 5.03 Å². The Kier molecular flexibility index (Phi) is 6.50. The van der Waals surface area contributed by atoms with Crippen molar-refractivity contribution >= 4 is 33.2 Å². The quantitative estimate of drug-likeness (QED) is 0.744. The van der Waals surface area contributed by atoms with Crippen LogP contribution in [0.5, 0.6) is 5.75 Å². The number of anilines is 1. The Bertz CT molecular complexity index is 982. The maximum Gasteiger partial charge on any atom is 0.262 e. The molecule has 0 unspecified atom stereocenters. The fourth-order valence-electron chi connectivity index (χ4n) is 3.21. The number of hydrogen-bond donors (Lipinski definition) is 1. The number of amides is 1. The molecule has 2 aromatic rings. The number of carbonyl (C=O) groups excluding carboxylic acids is 1. The molecule has 1 saturated heterocycles. The largest absolute Gasteiger partial charge is 0.495 e. The van der Waals surface area contributed by atoms with Crippen LogP contribution in [0.3, 0.4) is 0 Å². The number of benzene rings is 1. The number of nitrogens with one attached hydrogen (secondary N) is 1. The van der Waals surface area contributed by atoms with Gasteiger partial charge in [-0.15, -0.1) is 0 Å². The summed E-state index contributed by atoms with van der Waals surface area (Å²) >= 11 is 6.09. The number of hydrogen-bond acceptors (Lipinski definition) is 5. The van der Waals surface area contributed by atoms with Crippen molar-refractivity contribution in [1.29, 1.82) is 0 Å². The predicted octanol–water partition coefficient (Wildman–Crippen LogP) is 3.17. The second kappa shape index (κ2) is 8.73. The highest BCUT2D eigenvalue weighted by atomic mass is 35.5. The lowest BCUT2D eigenvalue weighted by Gasteiger charge is -2.30. The van der Waals surface area contributed by atoms with Crippen molar-refractivity contribution in [1.82, 2.24) is 13.9 Å². The molecule has 1 amide bonds. The topological polar surface area (TPSA) is 93.5 Å². The third-order valence-corrected chi connectivity index (χ3v) is 7.10. The summed E-state index contributed by atoms with van der Waals surface area (Å²) in [7, 11) is -2.14. The van der Waals surface area contributed by atoms with Crippen LogP contribution in [0.2, 0.25) is 5.02 Å². The zero-order valence-corrected chi connectivity index (χ0v) is 18.2. The fourth-order valence-corrected chi connectivity index (χ4v) is 4.86. The monoisotopic (exact) mass is 440 g/mol. The molecule has 1 fully saturated rings. The van der Waals surface area contributed by atoms with Crippen molar-refractivity contribution in [2.45, 2.75) is 37.8 Å². The first-order valence-corrected chi connectivity index (χ1v) is 11.2. The normalized spacial score (nSPS) is 16.2. The van der Waals surface area contributed by atoms with Gasteiger partial charge in [-0.25, -0.2) is 13.4 Å². The summed E-state index contributed by atoms with van der Waals surface area (Å²) in [6.45, 7) is 4.47. The molecule has 0 bridgehead atoms. The SMILES string of the molecule is COc1ccc(NC(=O)C2CCN(S(=O)(=O)c3cn(C(C)C)cn3)CC2)cc1Cl. The number of carbonyl (C=O) groups is 1. The summed E-state index contributed by atoms with van der Waals surface area (Å²) in [5.41, 5.74) is 0.579. The van der Waals surface area contributed by atoms with Crippen molar-refractivity contribution in [3.8, 4) is 5.75 Å². The first-order chi connectivity index (χ1) is 13.7. The Hall–Kier alpha value is -2.10. The minimum Gasteiger partial charge on any atom is -0.495 e. The van der Waals surface area contributed by atoms with Crippen molar-refractivity contribution in [3.63, 3.8) is 0 Å². The minimum absolute atomic E-state index is 0.0435. The van der Waals surface area contributed by atoms with E-state index in [2.05, 4.69) is 10.3 Å². The van der Waals surface area contributed by atoms with Gasteiger partial charge in [-0.3, -0.25) is 4.79 Å². The number of ether oxygens (including phenoxy) is 1. The maximum absolute atomic E-state index is 12.8. The van der Waals surface area contributed by atoms with Crippen LogP contribution in [0.1, 0.15) is 32.7 Å². The molecular weight excluding hydrogens is 416 g/mol. The number of halogens is 1. The Balaban J connectivity index is 1.60. The van der Waals surface area contributed by atoms with Crippen LogP contribution < -0.4 is 10.1 Å². The average Bonchev–Trinajstić information content (AvgIpc) is 3.20. The van der Waals surface area contributed by atoms with Crippen LogP contribution in [0.25, 0.3) is 0 Å². The van der Waals surface area contributed by atoms with Gasteiger partial charge in [-0.2, -0.15) is 4.31 Å². The molecule has 1 aliphatic heterocycles. The van der Waals surface area contributed by atoms with Crippen LogP contribution in [0, 0.1) is 5.92 Å². The summed E-state index contributed by atoms with van der Waals surface area (Å²) in [6, 6.07) is 5.16. The molecule has 2 heterocycles. The van der Waals surface area contributed by atoms with Gasteiger partial charge in [0.25, 0.3) is 10.0 Å². The van der Waals surface area contributed by atoms with E-state index in [9.17, 15) is 13.2 Å². The summed E-state index contributed by atoms with van der Waals surface area (Å²) in [5.74, 6) is 0.117. The number of aromatic nitrogens is 2.